The molecule has 0 aromatic carbocycles. The second-order valence-corrected chi connectivity index (χ2v) is 4.71. The molecule has 0 bridgehead atoms. The van der Waals surface area contributed by atoms with E-state index in [2.05, 4.69) is 22.1 Å². The van der Waals surface area contributed by atoms with Crippen LogP contribution in [0.3, 0.4) is 0 Å². The molecule has 0 amide bonds. The van der Waals surface area contributed by atoms with Gasteiger partial charge in [0.05, 0.1) is 0 Å². The SMILES string of the molecule is CCc1nc(SC2CCCC2)n[nH]1. The molecule has 0 saturated heterocycles. The van der Waals surface area contributed by atoms with E-state index in [-0.39, 0.29) is 0 Å². The smallest absolute Gasteiger partial charge is 0.208 e. The van der Waals surface area contributed by atoms with Crippen LogP contribution in [0, 0.1) is 0 Å². The summed E-state index contributed by atoms with van der Waals surface area (Å²) in [6.07, 6.45) is 6.37. The highest BCUT2D eigenvalue weighted by molar-refractivity contribution is 7.99. The molecular weight excluding hydrogens is 182 g/mol. The average Bonchev–Trinajstić information content (AvgIpc) is 2.76. The van der Waals surface area contributed by atoms with Crippen molar-refractivity contribution in [3.63, 3.8) is 0 Å². The second kappa shape index (κ2) is 4.13. The Morgan fingerprint density at radius 1 is 1.46 bits per heavy atom. The molecule has 0 spiro atoms. The van der Waals surface area contributed by atoms with Gasteiger partial charge < -0.3 is 0 Å². The Hall–Kier alpha value is -0.510. The number of aromatic nitrogens is 3. The zero-order valence-corrected chi connectivity index (χ0v) is 8.73. The lowest BCUT2D eigenvalue weighted by atomic mass is 10.4. The first-order valence-electron chi connectivity index (χ1n) is 4.96. The third-order valence-corrected chi connectivity index (χ3v) is 3.62. The van der Waals surface area contributed by atoms with E-state index in [1.165, 1.54) is 25.7 Å². The number of rotatable bonds is 3. The largest absolute Gasteiger partial charge is 0.262 e. The van der Waals surface area contributed by atoms with Crippen molar-refractivity contribution in [2.45, 2.75) is 49.4 Å². The first-order valence-corrected chi connectivity index (χ1v) is 5.84. The lowest BCUT2D eigenvalue weighted by Crippen LogP contribution is -1.94. The molecule has 0 aliphatic heterocycles. The Bertz CT molecular complexity index is 266. The van der Waals surface area contributed by atoms with Gasteiger partial charge in [-0.05, 0) is 12.8 Å². The van der Waals surface area contributed by atoms with Crippen LogP contribution in [0.2, 0.25) is 0 Å². The highest BCUT2D eigenvalue weighted by Gasteiger charge is 2.17. The minimum atomic E-state index is 0.764. The van der Waals surface area contributed by atoms with Crippen molar-refractivity contribution in [1.82, 2.24) is 15.2 Å². The van der Waals surface area contributed by atoms with Crippen LogP contribution < -0.4 is 0 Å². The number of aromatic amines is 1. The molecule has 2 rings (SSSR count). The first-order chi connectivity index (χ1) is 6.38. The molecule has 1 aliphatic carbocycles. The van der Waals surface area contributed by atoms with Gasteiger partial charge in [0.2, 0.25) is 5.16 Å². The van der Waals surface area contributed by atoms with Crippen molar-refractivity contribution in [3.8, 4) is 0 Å². The van der Waals surface area contributed by atoms with E-state index in [1.54, 1.807) is 0 Å². The summed E-state index contributed by atoms with van der Waals surface area (Å²) < 4.78 is 0. The van der Waals surface area contributed by atoms with Crippen molar-refractivity contribution < 1.29 is 0 Å². The van der Waals surface area contributed by atoms with Crippen molar-refractivity contribution in [2.75, 3.05) is 0 Å². The maximum absolute atomic E-state index is 4.39. The summed E-state index contributed by atoms with van der Waals surface area (Å²) in [7, 11) is 0. The van der Waals surface area contributed by atoms with Crippen LogP contribution in [0.15, 0.2) is 5.16 Å². The molecule has 0 unspecified atom stereocenters. The topological polar surface area (TPSA) is 41.6 Å². The number of thioether (sulfide) groups is 1. The van der Waals surface area contributed by atoms with E-state index in [9.17, 15) is 0 Å². The van der Waals surface area contributed by atoms with Crippen LogP contribution in [-0.4, -0.2) is 20.4 Å². The molecule has 1 aromatic heterocycles. The Balaban J connectivity index is 1.92. The number of H-pyrrole nitrogens is 1. The van der Waals surface area contributed by atoms with Crippen LogP contribution in [0.5, 0.6) is 0 Å². The predicted molar refractivity (Wildman–Crippen MR) is 53.9 cm³/mol. The standard InChI is InChI=1S/C9H15N3S/c1-2-8-10-9(12-11-8)13-7-5-3-4-6-7/h7H,2-6H2,1H3,(H,10,11,12). The fourth-order valence-electron chi connectivity index (χ4n) is 1.64. The van der Waals surface area contributed by atoms with E-state index < -0.39 is 0 Å². The zero-order valence-electron chi connectivity index (χ0n) is 7.92. The van der Waals surface area contributed by atoms with Gasteiger partial charge in [-0.3, -0.25) is 5.10 Å². The third kappa shape index (κ3) is 2.24. The lowest BCUT2D eigenvalue weighted by Gasteiger charge is -2.02. The van der Waals surface area contributed by atoms with Crippen molar-refractivity contribution in [2.24, 2.45) is 0 Å². The number of hydrogen-bond donors (Lipinski definition) is 1. The van der Waals surface area contributed by atoms with E-state index in [4.69, 9.17) is 0 Å². The Kier molecular flexibility index (Phi) is 2.88. The number of nitrogens with zero attached hydrogens (tertiary/aromatic N) is 2. The molecule has 4 heteroatoms. The van der Waals surface area contributed by atoms with Gasteiger partial charge in [-0.1, -0.05) is 31.5 Å². The molecule has 1 aliphatic rings. The number of hydrogen-bond acceptors (Lipinski definition) is 3. The monoisotopic (exact) mass is 197 g/mol. The molecule has 13 heavy (non-hydrogen) atoms. The van der Waals surface area contributed by atoms with Crippen molar-refractivity contribution in [1.29, 1.82) is 0 Å². The molecule has 1 saturated carbocycles. The van der Waals surface area contributed by atoms with Crippen molar-refractivity contribution >= 4 is 11.8 Å². The molecule has 1 N–H and O–H groups in total. The fraction of sp³-hybridized carbons (Fsp3) is 0.778. The Labute approximate surface area is 82.7 Å². The van der Waals surface area contributed by atoms with Crippen LogP contribution in [0.25, 0.3) is 0 Å². The third-order valence-electron chi connectivity index (χ3n) is 2.42. The van der Waals surface area contributed by atoms with Crippen LogP contribution in [0.4, 0.5) is 0 Å². The van der Waals surface area contributed by atoms with Gasteiger partial charge in [0.25, 0.3) is 0 Å². The molecule has 1 fully saturated rings. The molecule has 72 valence electrons. The van der Waals surface area contributed by atoms with E-state index in [0.29, 0.717) is 0 Å². The fourth-order valence-corrected chi connectivity index (χ4v) is 2.77. The van der Waals surface area contributed by atoms with Gasteiger partial charge >= 0.3 is 0 Å². The second-order valence-electron chi connectivity index (χ2n) is 3.44. The number of nitrogens with one attached hydrogen (secondary N) is 1. The van der Waals surface area contributed by atoms with Gasteiger partial charge in [0.15, 0.2) is 0 Å². The van der Waals surface area contributed by atoms with Crippen LogP contribution >= 0.6 is 11.8 Å². The number of aryl methyl sites for hydroxylation is 1. The van der Waals surface area contributed by atoms with E-state index in [0.717, 1.165) is 22.7 Å². The summed E-state index contributed by atoms with van der Waals surface area (Å²) in [6, 6.07) is 0. The maximum atomic E-state index is 4.39. The average molecular weight is 197 g/mol. The van der Waals surface area contributed by atoms with Gasteiger partial charge in [0, 0.05) is 11.7 Å². The summed E-state index contributed by atoms with van der Waals surface area (Å²) >= 11 is 1.83. The van der Waals surface area contributed by atoms with Crippen LogP contribution in [0.1, 0.15) is 38.4 Å². The summed E-state index contributed by atoms with van der Waals surface area (Å²) in [5.74, 6) is 1.00. The summed E-state index contributed by atoms with van der Waals surface area (Å²) in [5.41, 5.74) is 0. The Morgan fingerprint density at radius 3 is 2.85 bits per heavy atom. The molecular formula is C9H15N3S. The predicted octanol–water partition coefficient (Wildman–Crippen LogP) is 2.40. The maximum Gasteiger partial charge on any atom is 0.208 e. The highest BCUT2D eigenvalue weighted by atomic mass is 32.2. The minimum absolute atomic E-state index is 0.764. The summed E-state index contributed by atoms with van der Waals surface area (Å²) in [5, 5.41) is 8.82. The normalized spacial score (nSPS) is 18.2. The van der Waals surface area contributed by atoms with Gasteiger partial charge in [-0.25, -0.2) is 4.98 Å². The lowest BCUT2D eigenvalue weighted by molar-refractivity contribution is 0.886. The molecule has 1 aromatic rings. The quantitative estimate of drug-likeness (QED) is 0.809. The van der Waals surface area contributed by atoms with E-state index >= 15 is 0 Å². The molecule has 3 nitrogen and oxygen atoms in total. The molecule has 0 radical (unpaired) electrons. The van der Waals surface area contributed by atoms with Gasteiger partial charge in [0.1, 0.15) is 5.82 Å². The summed E-state index contributed by atoms with van der Waals surface area (Å²) in [6.45, 7) is 2.09. The van der Waals surface area contributed by atoms with Crippen LogP contribution in [-0.2, 0) is 6.42 Å². The van der Waals surface area contributed by atoms with Gasteiger partial charge in [-0.15, -0.1) is 5.10 Å². The van der Waals surface area contributed by atoms with Crippen molar-refractivity contribution in [3.05, 3.63) is 5.82 Å². The summed E-state index contributed by atoms with van der Waals surface area (Å²) in [4.78, 5) is 4.39. The van der Waals surface area contributed by atoms with Gasteiger partial charge in [-0.2, -0.15) is 0 Å². The molecule has 0 atom stereocenters. The Morgan fingerprint density at radius 2 is 2.23 bits per heavy atom. The zero-order chi connectivity index (χ0) is 9.10. The van der Waals surface area contributed by atoms with E-state index in [1.807, 2.05) is 11.8 Å². The first kappa shape index (κ1) is 9.06. The highest BCUT2D eigenvalue weighted by Crippen LogP contribution is 2.32. The minimum Gasteiger partial charge on any atom is -0.262 e. The molecule has 1 heterocycles.